The van der Waals surface area contributed by atoms with Crippen LogP contribution in [0.15, 0.2) is 28.7 Å². The van der Waals surface area contributed by atoms with E-state index in [9.17, 15) is 4.79 Å². The Morgan fingerprint density at radius 1 is 1.21 bits per heavy atom. The predicted molar refractivity (Wildman–Crippen MR) is 82.0 cm³/mol. The lowest BCUT2D eigenvalue weighted by Crippen LogP contribution is -2.33. The third kappa shape index (κ3) is 5.13. The number of esters is 1. The molecule has 1 aromatic rings. The van der Waals surface area contributed by atoms with Gasteiger partial charge in [-0.05, 0) is 54.0 Å². The summed E-state index contributed by atoms with van der Waals surface area (Å²) >= 11 is 3.35. The van der Waals surface area contributed by atoms with Crippen molar-refractivity contribution in [2.24, 2.45) is 0 Å². The number of carbonyl (C=O) groups is 1. The quantitative estimate of drug-likeness (QED) is 0.780. The molecule has 0 N–H and O–H groups in total. The maximum Gasteiger partial charge on any atom is 0.339 e. The van der Waals surface area contributed by atoms with Crippen molar-refractivity contribution in [2.75, 3.05) is 26.2 Å². The third-order valence-corrected chi connectivity index (χ3v) is 3.87. The molecular formula is C14H19BrClNO2. The van der Waals surface area contributed by atoms with Gasteiger partial charge in [-0.3, -0.25) is 4.90 Å². The van der Waals surface area contributed by atoms with Crippen molar-refractivity contribution in [3.8, 4) is 0 Å². The van der Waals surface area contributed by atoms with Gasteiger partial charge < -0.3 is 4.74 Å². The summed E-state index contributed by atoms with van der Waals surface area (Å²) in [5.41, 5.74) is 0.594. The SMILES string of the molecule is Cl.O=C(OCCN1CCCCC1)c1ccccc1Br. The molecule has 0 saturated carbocycles. The molecule has 3 nitrogen and oxygen atoms in total. The lowest BCUT2D eigenvalue weighted by molar-refractivity contribution is 0.0451. The van der Waals surface area contributed by atoms with Crippen LogP contribution in [-0.4, -0.2) is 37.1 Å². The molecular weight excluding hydrogens is 330 g/mol. The second-order valence-electron chi connectivity index (χ2n) is 4.52. The lowest BCUT2D eigenvalue weighted by atomic mass is 10.1. The number of piperidine rings is 1. The third-order valence-electron chi connectivity index (χ3n) is 3.18. The van der Waals surface area contributed by atoms with E-state index >= 15 is 0 Å². The summed E-state index contributed by atoms with van der Waals surface area (Å²) in [4.78, 5) is 14.2. The largest absolute Gasteiger partial charge is 0.461 e. The fourth-order valence-corrected chi connectivity index (χ4v) is 2.60. The van der Waals surface area contributed by atoms with Crippen LogP contribution in [0.5, 0.6) is 0 Å². The number of rotatable bonds is 4. The van der Waals surface area contributed by atoms with E-state index in [2.05, 4.69) is 20.8 Å². The van der Waals surface area contributed by atoms with Crippen molar-refractivity contribution in [2.45, 2.75) is 19.3 Å². The zero-order chi connectivity index (χ0) is 12.8. The minimum Gasteiger partial charge on any atom is -0.461 e. The van der Waals surface area contributed by atoms with Gasteiger partial charge in [0.1, 0.15) is 6.61 Å². The Balaban J connectivity index is 0.00000180. The predicted octanol–water partition coefficient (Wildman–Crippen LogP) is 3.51. The van der Waals surface area contributed by atoms with Crippen molar-refractivity contribution < 1.29 is 9.53 Å². The average molecular weight is 349 g/mol. The van der Waals surface area contributed by atoms with Gasteiger partial charge in [0.05, 0.1) is 5.56 Å². The molecule has 2 rings (SSSR count). The zero-order valence-electron chi connectivity index (χ0n) is 10.8. The number of benzene rings is 1. The van der Waals surface area contributed by atoms with Gasteiger partial charge in [0.15, 0.2) is 0 Å². The molecule has 0 unspecified atom stereocenters. The Labute approximate surface area is 128 Å². The second kappa shape index (κ2) is 8.56. The van der Waals surface area contributed by atoms with Crippen LogP contribution in [0.1, 0.15) is 29.6 Å². The number of hydrogen-bond donors (Lipinski definition) is 0. The topological polar surface area (TPSA) is 29.5 Å². The van der Waals surface area contributed by atoms with Gasteiger partial charge in [0.25, 0.3) is 0 Å². The van der Waals surface area contributed by atoms with Gasteiger partial charge in [0.2, 0.25) is 0 Å². The normalized spacial score (nSPS) is 15.6. The number of nitrogens with zero attached hydrogens (tertiary/aromatic N) is 1. The van der Waals surface area contributed by atoms with Gasteiger partial charge >= 0.3 is 5.97 Å². The number of halogens is 2. The Bertz CT molecular complexity index is 408. The van der Waals surface area contributed by atoms with Crippen molar-refractivity contribution in [1.82, 2.24) is 4.90 Å². The highest BCUT2D eigenvalue weighted by molar-refractivity contribution is 9.10. The van der Waals surface area contributed by atoms with Gasteiger partial charge in [-0.25, -0.2) is 4.79 Å². The van der Waals surface area contributed by atoms with E-state index in [0.29, 0.717) is 12.2 Å². The Hall–Kier alpha value is -0.580. The first kappa shape index (κ1) is 16.5. The number of hydrogen-bond acceptors (Lipinski definition) is 3. The minimum absolute atomic E-state index is 0. The average Bonchev–Trinajstić information content (AvgIpc) is 2.40. The lowest BCUT2D eigenvalue weighted by Gasteiger charge is -2.25. The molecule has 19 heavy (non-hydrogen) atoms. The van der Waals surface area contributed by atoms with Crippen molar-refractivity contribution >= 4 is 34.3 Å². The highest BCUT2D eigenvalue weighted by atomic mass is 79.9. The van der Waals surface area contributed by atoms with Gasteiger partial charge in [-0.1, -0.05) is 18.6 Å². The fraction of sp³-hybridized carbons (Fsp3) is 0.500. The highest BCUT2D eigenvalue weighted by Gasteiger charge is 2.13. The van der Waals surface area contributed by atoms with Crippen LogP contribution in [0.3, 0.4) is 0 Å². The first-order valence-corrected chi connectivity index (χ1v) is 7.20. The maximum absolute atomic E-state index is 11.8. The molecule has 1 aliphatic heterocycles. The van der Waals surface area contributed by atoms with Crippen LogP contribution in [0.2, 0.25) is 0 Å². The van der Waals surface area contributed by atoms with E-state index in [1.54, 1.807) is 6.07 Å². The molecule has 0 aromatic heterocycles. The van der Waals surface area contributed by atoms with Crippen LogP contribution in [0.25, 0.3) is 0 Å². The van der Waals surface area contributed by atoms with Gasteiger partial charge in [0, 0.05) is 11.0 Å². The van der Waals surface area contributed by atoms with Crippen LogP contribution in [-0.2, 0) is 4.74 Å². The molecule has 5 heteroatoms. The van der Waals surface area contributed by atoms with Gasteiger partial charge in [-0.2, -0.15) is 0 Å². The zero-order valence-corrected chi connectivity index (χ0v) is 13.2. The Morgan fingerprint density at radius 3 is 2.58 bits per heavy atom. The monoisotopic (exact) mass is 347 g/mol. The van der Waals surface area contributed by atoms with Crippen molar-refractivity contribution in [3.63, 3.8) is 0 Å². The fourth-order valence-electron chi connectivity index (χ4n) is 2.15. The summed E-state index contributed by atoms with van der Waals surface area (Å²) < 4.78 is 6.09. The minimum atomic E-state index is -0.250. The van der Waals surface area contributed by atoms with Crippen LogP contribution in [0, 0.1) is 0 Å². The molecule has 0 bridgehead atoms. The first-order chi connectivity index (χ1) is 8.77. The molecule has 0 spiro atoms. The molecule has 106 valence electrons. The van der Waals surface area contributed by atoms with Gasteiger partial charge in [-0.15, -0.1) is 12.4 Å². The summed E-state index contributed by atoms with van der Waals surface area (Å²) in [6.45, 7) is 3.58. The van der Waals surface area contributed by atoms with Crippen LogP contribution in [0.4, 0.5) is 0 Å². The second-order valence-corrected chi connectivity index (χ2v) is 5.37. The highest BCUT2D eigenvalue weighted by Crippen LogP contribution is 2.16. The molecule has 1 fully saturated rings. The number of likely N-dealkylation sites (tertiary alicyclic amines) is 1. The summed E-state index contributed by atoms with van der Waals surface area (Å²) in [7, 11) is 0. The van der Waals surface area contributed by atoms with E-state index in [1.165, 1.54) is 19.3 Å². The van der Waals surface area contributed by atoms with E-state index in [1.807, 2.05) is 18.2 Å². The smallest absolute Gasteiger partial charge is 0.339 e. The molecule has 0 aliphatic carbocycles. The van der Waals surface area contributed by atoms with E-state index < -0.39 is 0 Å². The van der Waals surface area contributed by atoms with Crippen LogP contribution < -0.4 is 0 Å². The molecule has 1 saturated heterocycles. The first-order valence-electron chi connectivity index (χ1n) is 6.41. The van der Waals surface area contributed by atoms with Crippen LogP contribution >= 0.6 is 28.3 Å². The van der Waals surface area contributed by atoms with E-state index in [-0.39, 0.29) is 18.4 Å². The number of ether oxygens (including phenoxy) is 1. The molecule has 1 heterocycles. The summed E-state index contributed by atoms with van der Waals surface area (Å²) in [6, 6.07) is 7.34. The number of carbonyl (C=O) groups excluding carboxylic acids is 1. The maximum atomic E-state index is 11.8. The standard InChI is InChI=1S/C14H18BrNO2.ClH/c15-13-7-3-2-6-12(13)14(17)18-11-10-16-8-4-1-5-9-16;/h2-3,6-7H,1,4-5,8-11H2;1H. The molecule has 1 aromatic carbocycles. The molecule has 1 aliphatic rings. The van der Waals surface area contributed by atoms with Crippen molar-refractivity contribution in [1.29, 1.82) is 0 Å². The van der Waals surface area contributed by atoms with E-state index in [4.69, 9.17) is 4.74 Å². The summed E-state index contributed by atoms with van der Waals surface area (Å²) in [5, 5.41) is 0. The molecule has 0 atom stereocenters. The van der Waals surface area contributed by atoms with Crippen molar-refractivity contribution in [3.05, 3.63) is 34.3 Å². The summed E-state index contributed by atoms with van der Waals surface area (Å²) in [5.74, 6) is -0.250. The Morgan fingerprint density at radius 2 is 1.89 bits per heavy atom. The Kier molecular flexibility index (Phi) is 7.42. The molecule has 0 radical (unpaired) electrons. The summed E-state index contributed by atoms with van der Waals surface area (Å²) in [6.07, 6.45) is 3.85. The molecule has 0 amide bonds. The van der Waals surface area contributed by atoms with E-state index in [0.717, 1.165) is 24.1 Å².